The molecule has 3 rings (SSSR count). The quantitative estimate of drug-likeness (QED) is 0.790. The smallest absolute Gasteiger partial charge is 0.231 e. The van der Waals surface area contributed by atoms with Gasteiger partial charge in [-0.1, -0.05) is 42.5 Å². The molecule has 1 aromatic heterocycles. The second kappa shape index (κ2) is 5.48. The number of nitrogens with zero attached hydrogens (tertiary/aromatic N) is 2. The zero-order valence-corrected chi connectivity index (χ0v) is 10.8. The van der Waals surface area contributed by atoms with Crippen molar-refractivity contribution in [3.63, 3.8) is 0 Å². The summed E-state index contributed by atoms with van der Waals surface area (Å²) in [4.78, 5) is 19.9. The van der Waals surface area contributed by atoms with E-state index in [9.17, 15) is 4.79 Å². The SMILES string of the molecule is O=C(Cc1ccc2ccccc2c1)Nc1ncccn1. The van der Waals surface area contributed by atoms with Gasteiger partial charge in [0.1, 0.15) is 0 Å². The number of fused-ring (bicyclic) bond motifs is 1. The number of amides is 1. The summed E-state index contributed by atoms with van der Waals surface area (Å²) in [7, 11) is 0. The Balaban J connectivity index is 1.74. The van der Waals surface area contributed by atoms with Crippen molar-refractivity contribution in [3.8, 4) is 0 Å². The Morgan fingerprint density at radius 3 is 2.50 bits per heavy atom. The van der Waals surface area contributed by atoms with E-state index in [1.165, 1.54) is 5.39 Å². The van der Waals surface area contributed by atoms with Crippen LogP contribution in [0.2, 0.25) is 0 Å². The number of carbonyl (C=O) groups is 1. The fourth-order valence-corrected chi connectivity index (χ4v) is 2.07. The number of benzene rings is 2. The molecule has 0 fully saturated rings. The highest BCUT2D eigenvalue weighted by Gasteiger charge is 2.06. The third-order valence-electron chi connectivity index (χ3n) is 3.00. The van der Waals surface area contributed by atoms with Crippen LogP contribution in [0, 0.1) is 0 Å². The van der Waals surface area contributed by atoms with Gasteiger partial charge < -0.3 is 0 Å². The number of hydrogen-bond donors (Lipinski definition) is 1. The molecule has 0 saturated heterocycles. The Labute approximate surface area is 116 Å². The first kappa shape index (κ1) is 12.3. The highest BCUT2D eigenvalue weighted by Crippen LogP contribution is 2.16. The summed E-state index contributed by atoms with van der Waals surface area (Å²) in [5.41, 5.74) is 0.970. The average molecular weight is 263 g/mol. The molecule has 4 nitrogen and oxygen atoms in total. The maximum atomic E-state index is 11.9. The first-order valence-corrected chi connectivity index (χ1v) is 6.36. The Morgan fingerprint density at radius 2 is 1.70 bits per heavy atom. The van der Waals surface area contributed by atoms with Crippen molar-refractivity contribution >= 4 is 22.6 Å². The minimum Gasteiger partial charge on any atom is -0.294 e. The van der Waals surface area contributed by atoms with Gasteiger partial charge in [-0.25, -0.2) is 9.97 Å². The van der Waals surface area contributed by atoms with Crippen LogP contribution in [0.5, 0.6) is 0 Å². The number of nitrogens with one attached hydrogen (secondary N) is 1. The van der Waals surface area contributed by atoms with Crippen molar-refractivity contribution in [1.29, 1.82) is 0 Å². The lowest BCUT2D eigenvalue weighted by atomic mass is 10.1. The summed E-state index contributed by atoms with van der Waals surface area (Å²) in [6, 6.07) is 15.8. The molecule has 0 radical (unpaired) electrons. The third kappa shape index (κ3) is 2.80. The van der Waals surface area contributed by atoms with Crippen molar-refractivity contribution in [3.05, 3.63) is 66.5 Å². The van der Waals surface area contributed by atoms with Crippen molar-refractivity contribution < 1.29 is 4.79 Å². The van der Waals surface area contributed by atoms with Gasteiger partial charge in [-0.3, -0.25) is 10.1 Å². The summed E-state index contributed by atoms with van der Waals surface area (Å²) in [5.74, 6) is 0.213. The molecule has 0 unspecified atom stereocenters. The second-order valence-corrected chi connectivity index (χ2v) is 4.48. The zero-order valence-electron chi connectivity index (χ0n) is 10.8. The fraction of sp³-hybridized carbons (Fsp3) is 0.0625. The molecular weight excluding hydrogens is 250 g/mol. The summed E-state index contributed by atoms with van der Waals surface area (Å²) in [6.45, 7) is 0. The van der Waals surface area contributed by atoms with Crippen LogP contribution >= 0.6 is 0 Å². The molecule has 3 aromatic rings. The first-order valence-electron chi connectivity index (χ1n) is 6.36. The van der Waals surface area contributed by atoms with E-state index in [4.69, 9.17) is 0 Å². The summed E-state index contributed by atoms with van der Waals surface area (Å²) >= 11 is 0. The van der Waals surface area contributed by atoms with Gasteiger partial charge in [0.05, 0.1) is 6.42 Å². The first-order chi connectivity index (χ1) is 9.81. The average Bonchev–Trinajstić information content (AvgIpc) is 2.48. The predicted octanol–water partition coefficient (Wildman–Crippen LogP) is 2.81. The summed E-state index contributed by atoms with van der Waals surface area (Å²) in [5, 5.41) is 4.98. The molecule has 0 aliphatic heterocycles. The van der Waals surface area contributed by atoms with Gasteiger partial charge in [-0.05, 0) is 22.4 Å². The Bertz CT molecular complexity index is 741. The molecule has 1 amide bonds. The van der Waals surface area contributed by atoms with Crippen LogP contribution in [0.15, 0.2) is 60.9 Å². The molecule has 0 saturated carbocycles. The molecule has 98 valence electrons. The van der Waals surface area contributed by atoms with Crippen LogP contribution in [0.3, 0.4) is 0 Å². The molecule has 2 aromatic carbocycles. The van der Waals surface area contributed by atoms with Crippen LogP contribution < -0.4 is 5.32 Å². The molecule has 0 spiro atoms. The summed E-state index contributed by atoms with van der Waals surface area (Å²) < 4.78 is 0. The Hall–Kier alpha value is -2.75. The number of hydrogen-bond acceptors (Lipinski definition) is 3. The molecule has 1 heterocycles. The van der Waals surface area contributed by atoms with Gasteiger partial charge >= 0.3 is 0 Å². The number of aromatic nitrogens is 2. The van der Waals surface area contributed by atoms with Gasteiger partial charge in [-0.2, -0.15) is 0 Å². The largest absolute Gasteiger partial charge is 0.294 e. The second-order valence-electron chi connectivity index (χ2n) is 4.48. The van der Waals surface area contributed by atoms with Gasteiger partial charge in [0.2, 0.25) is 11.9 Å². The van der Waals surface area contributed by atoms with Crippen LogP contribution in [0.25, 0.3) is 10.8 Å². The highest BCUT2D eigenvalue weighted by molar-refractivity contribution is 5.91. The van der Waals surface area contributed by atoms with E-state index >= 15 is 0 Å². The molecular formula is C16H13N3O. The lowest BCUT2D eigenvalue weighted by Gasteiger charge is -2.04. The fourth-order valence-electron chi connectivity index (χ4n) is 2.07. The van der Waals surface area contributed by atoms with Gasteiger partial charge in [-0.15, -0.1) is 0 Å². The molecule has 4 heteroatoms. The van der Waals surface area contributed by atoms with Gasteiger partial charge in [0.25, 0.3) is 0 Å². The molecule has 0 aliphatic carbocycles. The van der Waals surface area contributed by atoms with Crippen molar-refractivity contribution in [2.24, 2.45) is 0 Å². The van der Waals surface area contributed by atoms with Crippen molar-refractivity contribution in [1.82, 2.24) is 9.97 Å². The predicted molar refractivity (Wildman–Crippen MR) is 78.3 cm³/mol. The lowest BCUT2D eigenvalue weighted by molar-refractivity contribution is -0.115. The molecule has 0 atom stereocenters. The molecule has 0 aliphatic rings. The normalized spacial score (nSPS) is 10.4. The van der Waals surface area contributed by atoms with Crippen molar-refractivity contribution in [2.45, 2.75) is 6.42 Å². The highest BCUT2D eigenvalue weighted by atomic mass is 16.1. The maximum Gasteiger partial charge on any atom is 0.231 e. The van der Waals surface area contributed by atoms with Crippen molar-refractivity contribution in [2.75, 3.05) is 5.32 Å². The Kier molecular flexibility index (Phi) is 3.37. The van der Waals surface area contributed by atoms with Crippen LogP contribution in [0.1, 0.15) is 5.56 Å². The van der Waals surface area contributed by atoms with E-state index in [-0.39, 0.29) is 5.91 Å². The van der Waals surface area contributed by atoms with E-state index in [0.29, 0.717) is 12.4 Å². The minimum atomic E-state index is -0.119. The minimum absolute atomic E-state index is 0.119. The number of rotatable bonds is 3. The van der Waals surface area contributed by atoms with Gasteiger partial charge in [0, 0.05) is 12.4 Å². The van der Waals surface area contributed by atoms with Crippen LogP contribution in [0.4, 0.5) is 5.95 Å². The lowest BCUT2D eigenvalue weighted by Crippen LogP contribution is -2.16. The number of anilines is 1. The Morgan fingerprint density at radius 1 is 0.950 bits per heavy atom. The monoisotopic (exact) mass is 263 g/mol. The topological polar surface area (TPSA) is 54.9 Å². The maximum absolute atomic E-state index is 11.9. The summed E-state index contributed by atoms with van der Waals surface area (Å²) in [6.07, 6.45) is 3.50. The van der Waals surface area contributed by atoms with E-state index in [2.05, 4.69) is 21.4 Å². The van der Waals surface area contributed by atoms with E-state index in [0.717, 1.165) is 10.9 Å². The van der Waals surface area contributed by atoms with E-state index < -0.39 is 0 Å². The standard InChI is InChI=1S/C16H13N3O/c20-15(19-16-17-8-3-9-18-16)11-12-6-7-13-4-1-2-5-14(13)10-12/h1-10H,11H2,(H,17,18,19,20). The van der Waals surface area contributed by atoms with Crippen LogP contribution in [-0.4, -0.2) is 15.9 Å². The van der Waals surface area contributed by atoms with E-state index in [1.807, 2.05) is 36.4 Å². The zero-order chi connectivity index (χ0) is 13.8. The third-order valence-corrected chi connectivity index (χ3v) is 3.00. The molecule has 0 bridgehead atoms. The molecule has 1 N–H and O–H groups in total. The van der Waals surface area contributed by atoms with E-state index in [1.54, 1.807) is 18.5 Å². The van der Waals surface area contributed by atoms with Crippen LogP contribution in [-0.2, 0) is 11.2 Å². The molecule has 20 heavy (non-hydrogen) atoms. The van der Waals surface area contributed by atoms with Gasteiger partial charge in [0.15, 0.2) is 0 Å². The number of carbonyl (C=O) groups excluding carboxylic acids is 1.